The highest BCUT2D eigenvalue weighted by molar-refractivity contribution is 14.1. The summed E-state index contributed by atoms with van der Waals surface area (Å²) in [7, 11) is 0. The highest BCUT2D eigenvalue weighted by Gasteiger charge is 2.16. The predicted octanol–water partition coefficient (Wildman–Crippen LogP) is 3.63. The quantitative estimate of drug-likeness (QED) is 0.647. The van der Waals surface area contributed by atoms with Crippen LogP contribution in [0.25, 0.3) is 16.7 Å². The van der Waals surface area contributed by atoms with Crippen molar-refractivity contribution in [1.82, 2.24) is 9.55 Å². The van der Waals surface area contributed by atoms with Crippen molar-refractivity contribution in [3.8, 4) is 5.69 Å². The van der Waals surface area contributed by atoms with Gasteiger partial charge in [0.15, 0.2) is 0 Å². The molecular weight excluding hydrogens is 382 g/mol. The average molecular weight is 389 g/mol. The summed E-state index contributed by atoms with van der Waals surface area (Å²) in [5, 5.41) is 0. The van der Waals surface area contributed by atoms with Gasteiger partial charge in [0, 0.05) is 12.1 Å². The van der Waals surface area contributed by atoms with Crippen LogP contribution < -0.4 is 5.73 Å². The number of nitrogen functional groups attached to an aromatic ring is 1. The number of fused-ring (bicyclic) bond motifs is 1. The van der Waals surface area contributed by atoms with Gasteiger partial charge in [-0.05, 0) is 40.8 Å². The van der Waals surface area contributed by atoms with E-state index in [1.807, 2.05) is 22.6 Å². The molecule has 7 heteroatoms. The molecule has 0 saturated heterocycles. The number of rotatable bonds is 1. The van der Waals surface area contributed by atoms with E-state index in [1.165, 1.54) is 22.8 Å². The summed E-state index contributed by atoms with van der Waals surface area (Å²) in [6, 6.07) is 5.82. The first kappa shape index (κ1) is 13.2. The summed E-state index contributed by atoms with van der Waals surface area (Å²) >= 11 is 1.83. The molecule has 2 aromatic carbocycles. The van der Waals surface area contributed by atoms with Crippen LogP contribution in [0.4, 0.5) is 19.1 Å². The molecule has 3 nitrogen and oxygen atoms in total. The third kappa shape index (κ3) is 2.01. The maximum absolute atomic E-state index is 13.9. The Morgan fingerprint density at radius 3 is 2.50 bits per heavy atom. The van der Waals surface area contributed by atoms with Gasteiger partial charge in [-0.1, -0.05) is 0 Å². The van der Waals surface area contributed by atoms with Crippen molar-refractivity contribution in [3.63, 3.8) is 0 Å². The molecule has 0 spiro atoms. The summed E-state index contributed by atoms with van der Waals surface area (Å²) in [6.45, 7) is 0. The molecule has 0 unspecified atom stereocenters. The molecule has 102 valence electrons. The number of hydrogen-bond acceptors (Lipinski definition) is 2. The number of halogens is 4. The summed E-state index contributed by atoms with van der Waals surface area (Å²) in [4.78, 5) is 4.06. The molecule has 0 fully saturated rings. The number of imidazole rings is 1. The van der Waals surface area contributed by atoms with Gasteiger partial charge in [-0.2, -0.15) is 0 Å². The van der Waals surface area contributed by atoms with E-state index in [4.69, 9.17) is 5.73 Å². The molecule has 3 rings (SSSR count). The van der Waals surface area contributed by atoms with Crippen LogP contribution in [0.3, 0.4) is 0 Å². The third-order valence-corrected chi connectivity index (χ3v) is 3.70. The van der Waals surface area contributed by atoms with Crippen LogP contribution in [-0.2, 0) is 0 Å². The molecule has 2 N–H and O–H groups in total. The standard InChI is InChI=1S/C13H7F3IN3/c14-6-1-2-11(8(16)3-6)20-12-4-7(15)9(17)5-10(12)19-13(20)18/h1-5H,(H2,18,19). The Balaban J connectivity index is 2.35. The van der Waals surface area contributed by atoms with Gasteiger partial charge in [0.2, 0.25) is 5.95 Å². The van der Waals surface area contributed by atoms with Crippen molar-refractivity contribution in [3.05, 3.63) is 51.4 Å². The molecule has 0 radical (unpaired) electrons. The van der Waals surface area contributed by atoms with E-state index in [0.29, 0.717) is 14.6 Å². The van der Waals surface area contributed by atoms with Gasteiger partial charge in [0.1, 0.15) is 17.5 Å². The number of nitrogens with two attached hydrogens (primary N) is 1. The fourth-order valence-electron chi connectivity index (χ4n) is 2.01. The SMILES string of the molecule is Nc1nc2cc(I)c(F)cc2n1-c1ccc(F)cc1F. The first-order chi connectivity index (χ1) is 9.47. The largest absolute Gasteiger partial charge is 0.369 e. The Morgan fingerprint density at radius 1 is 1.05 bits per heavy atom. The van der Waals surface area contributed by atoms with Crippen LogP contribution in [0.5, 0.6) is 0 Å². The van der Waals surface area contributed by atoms with Gasteiger partial charge in [-0.3, -0.25) is 4.57 Å². The second-order valence-corrected chi connectivity index (χ2v) is 5.32. The van der Waals surface area contributed by atoms with Gasteiger partial charge in [-0.15, -0.1) is 0 Å². The van der Waals surface area contributed by atoms with Crippen LogP contribution >= 0.6 is 22.6 Å². The number of benzene rings is 2. The van der Waals surface area contributed by atoms with Crippen LogP contribution in [0.15, 0.2) is 30.3 Å². The maximum Gasteiger partial charge on any atom is 0.206 e. The van der Waals surface area contributed by atoms with Crippen LogP contribution in [0.1, 0.15) is 0 Å². The van der Waals surface area contributed by atoms with Crippen molar-refractivity contribution in [2.45, 2.75) is 0 Å². The minimum atomic E-state index is -0.796. The zero-order chi connectivity index (χ0) is 14.4. The van der Waals surface area contributed by atoms with E-state index in [2.05, 4.69) is 4.98 Å². The smallest absolute Gasteiger partial charge is 0.206 e. The minimum Gasteiger partial charge on any atom is -0.369 e. The maximum atomic E-state index is 13.9. The van der Waals surface area contributed by atoms with Gasteiger partial charge in [0.25, 0.3) is 0 Å². The van der Waals surface area contributed by atoms with Crippen molar-refractivity contribution >= 4 is 39.6 Å². The summed E-state index contributed by atoms with van der Waals surface area (Å²) in [5.41, 5.74) is 6.55. The van der Waals surface area contributed by atoms with Crippen LogP contribution in [0.2, 0.25) is 0 Å². The van der Waals surface area contributed by atoms with E-state index in [9.17, 15) is 13.2 Å². The molecule has 1 aromatic heterocycles. The van der Waals surface area contributed by atoms with E-state index < -0.39 is 17.5 Å². The lowest BCUT2D eigenvalue weighted by molar-refractivity contribution is 0.578. The summed E-state index contributed by atoms with van der Waals surface area (Å²) in [6.07, 6.45) is 0. The van der Waals surface area contributed by atoms with Crippen molar-refractivity contribution in [2.24, 2.45) is 0 Å². The number of nitrogens with zero attached hydrogens (tertiary/aromatic N) is 2. The third-order valence-electron chi connectivity index (χ3n) is 2.87. The Morgan fingerprint density at radius 2 is 1.80 bits per heavy atom. The Bertz CT molecular complexity index is 829. The Hall–Kier alpha value is -1.77. The van der Waals surface area contributed by atoms with E-state index in [-0.39, 0.29) is 11.6 Å². The minimum absolute atomic E-state index is 0.00640. The monoisotopic (exact) mass is 389 g/mol. The molecule has 3 aromatic rings. The molecule has 1 heterocycles. The van der Waals surface area contributed by atoms with Gasteiger partial charge >= 0.3 is 0 Å². The zero-order valence-electron chi connectivity index (χ0n) is 9.87. The predicted molar refractivity (Wildman–Crippen MR) is 78.1 cm³/mol. The number of hydrogen-bond donors (Lipinski definition) is 1. The molecule has 20 heavy (non-hydrogen) atoms. The molecule has 0 aliphatic heterocycles. The fraction of sp³-hybridized carbons (Fsp3) is 0. The number of aromatic nitrogens is 2. The topological polar surface area (TPSA) is 43.8 Å². The number of anilines is 1. The van der Waals surface area contributed by atoms with E-state index >= 15 is 0 Å². The average Bonchev–Trinajstić information content (AvgIpc) is 2.66. The van der Waals surface area contributed by atoms with Crippen LogP contribution in [-0.4, -0.2) is 9.55 Å². The van der Waals surface area contributed by atoms with Crippen LogP contribution in [0, 0.1) is 21.0 Å². The highest BCUT2D eigenvalue weighted by atomic mass is 127. The van der Waals surface area contributed by atoms with Crippen molar-refractivity contribution in [1.29, 1.82) is 0 Å². The molecule has 0 saturated carbocycles. The normalized spacial score (nSPS) is 11.2. The zero-order valence-corrected chi connectivity index (χ0v) is 12.0. The molecule has 0 aliphatic rings. The van der Waals surface area contributed by atoms with Gasteiger partial charge in [0.05, 0.1) is 20.3 Å². The Labute approximate surface area is 125 Å². The first-order valence-corrected chi connectivity index (χ1v) is 6.63. The lowest BCUT2D eigenvalue weighted by atomic mass is 10.2. The summed E-state index contributed by atoms with van der Waals surface area (Å²) < 4.78 is 42.1. The van der Waals surface area contributed by atoms with Crippen molar-refractivity contribution < 1.29 is 13.2 Å². The first-order valence-electron chi connectivity index (χ1n) is 5.56. The summed E-state index contributed by atoms with van der Waals surface area (Å²) in [5.74, 6) is -1.95. The molecule has 0 atom stereocenters. The second kappa shape index (κ2) is 4.65. The van der Waals surface area contributed by atoms with Crippen molar-refractivity contribution in [2.75, 3.05) is 5.73 Å². The Kier molecular flexibility index (Phi) is 3.08. The molecular formula is C13H7F3IN3. The molecule has 0 aliphatic carbocycles. The lowest BCUT2D eigenvalue weighted by Gasteiger charge is -2.08. The van der Waals surface area contributed by atoms with E-state index in [0.717, 1.165) is 12.1 Å². The molecule has 0 bridgehead atoms. The van der Waals surface area contributed by atoms with Gasteiger partial charge < -0.3 is 5.73 Å². The van der Waals surface area contributed by atoms with Gasteiger partial charge in [-0.25, -0.2) is 18.2 Å². The molecule has 0 amide bonds. The highest BCUT2D eigenvalue weighted by Crippen LogP contribution is 2.27. The lowest BCUT2D eigenvalue weighted by Crippen LogP contribution is -2.03. The second-order valence-electron chi connectivity index (χ2n) is 4.16. The fourth-order valence-corrected chi connectivity index (χ4v) is 2.46. The van der Waals surface area contributed by atoms with E-state index in [1.54, 1.807) is 0 Å².